The molecule has 2 aliphatic rings. The summed E-state index contributed by atoms with van der Waals surface area (Å²) in [6.45, 7) is 0.408. The van der Waals surface area contributed by atoms with Gasteiger partial charge in [0.15, 0.2) is 0 Å². The van der Waals surface area contributed by atoms with Crippen molar-refractivity contribution in [3.63, 3.8) is 0 Å². The van der Waals surface area contributed by atoms with Gasteiger partial charge in [0, 0.05) is 13.0 Å². The van der Waals surface area contributed by atoms with E-state index in [1.54, 1.807) is 12.1 Å². The highest BCUT2D eigenvalue weighted by molar-refractivity contribution is 5.92. The number of carboxylic acids is 1. The van der Waals surface area contributed by atoms with Crippen LogP contribution in [0.2, 0.25) is 0 Å². The first-order valence-electron chi connectivity index (χ1n) is 10.6. The topological polar surface area (TPSA) is 126 Å². The Morgan fingerprint density at radius 3 is 2.62 bits per heavy atom. The van der Waals surface area contributed by atoms with Gasteiger partial charge in [-0.1, -0.05) is 32.1 Å². The minimum atomic E-state index is -0.992. The van der Waals surface area contributed by atoms with Crippen LogP contribution < -0.4 is 11.1 Å². The van der Waals surface area contributed by atoms with Crippen molar-refractivity contribution >= 4 is 17.8 Å². The molecule has 0 unspecified atom stereocenters. The van der Waals surface area contributed by atoms with Crippen molar-refractivity contribution in [1.82, 2.24) is 10.2 Å². The third kappa shape index (κ3) is 5.59. The summed E-state index contributed by atoms with van der Waals surface area (Å²) in [5.41, 5.74) is 6.03. The van der Waals surface area contributed by atoms with Crippen LogP contribution in [0.25, 0.3) is 0 Å². The fourth-order valence-electron chi connectivity index (χ4n) is 4.48. The van der Waals surface area contributed by atoms with Crippen molar-refractivity contribution in [3.05, 3.63) is 24.2 Å². The van der Waals surface area contributed by atoms with Crippen LogP contribution in [0.3, 0.4) is 0 Å². The van der Waals surface area contributed by atoms with E-state index in [2.05, 4.69) is 5.32 Å². The SMILES string of the molecule is N[C@@H](Cc1ccco1)C(=O)N[C@@H](CC1CCCCC1)C(=O)N1CCC[C@H]1C(=O)O. The van der Waals surface area contributed by atoms with E-state index in [1.807, 2.05) is 0 Å². The molecule has 2 heterocycles. The van der Waals surface area contributed by atoms with Crippen LogP contribution in [0.1, 0.15) is 57.1 Å². The summed E-state index contributed by atoms with van der Waals surface area (Å²) in [6.07, 6.45) is 8.90. The Hall–Kier alpha value is -2.35. The van der Waals surface area contributed by atoms with Gasteiger partial charge in [-0.15, -0.1) is 0 Å². The molecule has 1 saturated carbocycles. The van der Waals surface area contributed by atoms with Crippen LogP contribution >= 0.6 is 0 Å². The number of carbonyl (C=O) groups excluding carboxylic acids is 2. The second kappa shape index (κ2) is 9.91. The van der Waals surface area contributed by atoms with E-state index in [-0.39, 0.29) is 12.3 Å². The van der Waals surface area contributed by atoms with Crippen LogP contribution in [-0.4, -0.2) is 52.5 Å². The van der Waals surface area contributed by atoms with Crippen LogP contribution in [0.15, 0.2) is 22.8 Å². The summed E-state index contributed by atoms with van der Waals surface area (Å²) in [5.74, 6) is -0.757. The number of carbonyl (C=O) groups is 3. The Kier molecular flexibility index (Phi) is 7.30. The number of likely N-dealkylation sites (tertiary alicyclic amines) is 1. The molecule has 8 nitrogen and oxygen atoms in total. The molecule has 1 aliphatic carbocycles. The molecule has 29 heavy (non-hydrogen) atoms. The van der Waals surface area contributed by atoms with Crippen LogP contribution in [0.5, 0.6) is 0 Å². The first kappa shape index (κ1) is 21.4. The van der Waals surface area contributed by atoms with Crippen LogP contribution in [0.4, 0.5) is 0 Å². The minimum absolute atomic E-state index is 0.241. The molecular weight excluding hydrogens is 374 g/mol. The number of hydrogen-bond acceptors (Lipinski definition) is 5. The van der Waals surface area contributed by atoms with Crippen molar-refractivity contribution in [2.45, 2.75) is 75.9 Å². The summed E-state index contributed by atoms with van der Waals surface area (Å²) in [6, 6.07) is 1.09. The molecule has 1 saturated heterocycles. The van der Waals surface area contributed by atoms with E-state index in [0.29, 0.717) is 37.5 Å². The number of amides is 2. The van der Waals surface area contributed by atoms with Crippen molar-refractivity contribution in [1.29, 1.82) is 0 Å². The van der Waals surface area contributed by atoms with Crippen LogP contribution in [0, 0.1) is 5.92 Å². The maximum absolute atomic E-state index is 13.2. The number of furan rings is 1. The highest BCUT2D eigenvalue weighted by Gasteiger charge is 2.38. The normalized spacial score (nSPS) is 22.2. The maximum atomic E-state index is 13.2. The zero-order valence-electron chi connectivity index (χ0n) is 16.7. The second-order valence-electron chi connectivity index (χ2n) is 8.22. The molecule has 0 bridgehead atoms. The number of nitrogens with two attached hydrogens (primary N) is 1. The Morgan fingerprint density at radius 1 is 1.21 bits per heavy atom. The Morgan fingerprint density at radius 2 is 1.97 bits per heavy atom. The largest absolute Gasteiger partial charge is 0.480 e. The smallest absolute Gasteiger partial charge is 0.326 e. The van der Waals surface area contributed by atoms with Crippen LogP contribution in [-0.2, 0) is 20.8 Å². The molecular formula is C21H31N3O5. The highest BCUT2D eigenvalue weighted by Crippen LogP contribution is 2.29. The van der Waals surface area contributed by atoms with E-state index in [1.165, 1.54) is 17.6 Å². The molecule has 160 valence electrons. The van der Waals surface area contributed by atoms with E-state index in [9.17, 15) is 19.5 Å². The van der Waals surface area contributed by atoms with E-state index >= 15 is 0 Å². The zero-order chi connectivity index (χ0) is 20.8. The molecule has 0 radical (unpaired) electrons. The van der Waals surface area contributed by atoms with Gasteiger partial charge in [-0.3, -0.25) is 9.59 Å². The lowest BCUT2D eigenvalue weighted by atomic mass is 9.84. The molecule has 2 fully saturated rings. The third-order valence-corrected chi connectivity index (χ3v) is 6.07. The number of carboxylic acid groups (broad SMARTS) is 1. The number of nitrogens with one attached hydrogen (secondary N) is 1. The highest BCUT2D eigenvalue weighted by atomic mass is 16.4. The number of aliphatic carboxylic acids is 1. The predicted octanol–water partition coefficient (Wildman–Crippen LogP) is 1.68. The van der Waals surface area contributed by atoms with E-state index in [0.717, 1.165) is 25.7 Å². The molecule has 1 aliphatic heterocycles. The lowest BCUT2D eigenvalue weighted by molar-refractivity contribution is -0.149. The third-order valence-electron chi connectivity index (χ3n) is 6.07. The van der Waals surface area contributed by atoms with Gasteiger partial charge in [-0.2, -0.15) is 0 Å². The quantitative estimate of drug-likeness (QED) is 0.604. The first-order chi connectivity index (χ1) is 14.0. The molecule has 4 N–H and O–H groups in total. The van der Waals surface area contributed by atoms with E-state index in [4.69, 9.17) is 10.2 Å². The number of nitrogens with zero attached hydrogens (tertiary/aromatic N) is 1. The standard InChI is InChI=1S/C21H31N3O5/c22-16(13-15-8-5-11-29-15)19(25)23-17(12-14-6-2-1-3-7-14)20(26)24-10-4-9-18(24)21(27)28/h5,8,11,14,16-18H,1-4,6-7,9-10,12-13,22H2,(H,23,25)(H,27,28)/t16-,17-,18-/m0/s1. The first-order valence-corrected chi connectivity index (χ1v) is 10.6. The van der Waals surface area contributed by atoms with Crippen molar-refractivity contribution in [2.24, 2.45) is 11.7 Å². The summed E-state index contributed by atoms with van der Waals surface area (Å²) in [5, 5.41) is 12.3. The van der Waals surface area contributed by atoms with Gasteiger partial charge < -0.3 is 25.5 Å². The average Bonchev–Trinajstić information content (AvgIpc) is 3.39. The fraction of sp³-hybridized carbons (Fsp3) is 0.667. The van der Waals surface area contributed by atoms with Gasteiger partial charge in [-0.05, 0) is 37.3 Å². The summed E-state index contributed by atoms with van der Waals surface area (Å²) in [4.78, 5) is 38.8. The van der Waals surface area contributed by atoms with Crippen molar-refractivity contribution in [2.75, 3.05) is 6.54 Å². The number of hydrogen-bond donors (Lipinski definition) is 3. The summed E-state index contributed by atoms with van der Waals surface area (Å²) in [7, 11) is 0. The Labute approximate surface area is 170 Å². The molecule has 3 rings (SSSR count). The minimum Gasteiger partial charge on any atom is -0.480 e. The fourth-order valence-corrected chi connectivity index (χ4v) is 4.48. The lowest BCUT2D eigenvalue weighted by Gasteiger charge is -2.31. The molecule has 0 aromatic carbocycles. The van der Waals surface area contributed by atoms with Gasteiger partial charge in [-0.25, -0.2) is 4.79 Å². The molecule has 0 spiro atoms. The molecule has 2 amide bonds. The van der Waals surface area contributed by atoms with Gasteiger partial charge in [0.25, 0.3) is 0 Å². The molecule has 1 aromatic heterocycles. The zero-order valence-corrected chi connectivity index (χ0v) is 16.7. The Balaban J connectivity index is 1.68. The maximum Gasteiger partial charge on any atom is 0.326 e. The van der Waals surface area contributed by atoms with E-state index < -0.39 is 30.0 Å². The van der Waals surface area contributed by atoms with Gasteiger partial charge >= 0.3 is 5.97 Å². The summed E-state index contributed by atoms with van der Waals surface area (Å²) < 4.78 is 5.25. The summed E-state index contributed by atoms with van der Waals surface area (Å²) >= 11 is 0. The lowest BCUT2D eigenvalue weighted by Crippen LogP contribution is -2.55. The van der Waals surface area contributed by atoms with Gasteiger partial charge in [0.1, 0.15) is 17.8 Å². The Bertz CT molecular complexity index is 699. The molecule has 3 atom stereocenters. The monoisotopic (exact) mass is 405 g/mol. The van der Waals surface area contributed by atoms with Crippen molar-refractivity contribution in [3.8, 4) is 0 Å². The second-order valence-corrected chi connectivity index (χ2v) is 8.22. The molecule has 1 aromatic rings. The van der Waals surface area contributed by atoms with Gasteiger partial charge in [0.05, 0.1) is 12.3 Å². The average molecular weight is 405 g/mol. The predicted molar refractivity (Wildman–Crippen MR) is 106 cm³/mol. The van der Waals surface area contributed by atoms with Gasteiger partial charge in [0.2, 0.25) is 11.8 Å². The number of rotatable bonds is 8. The van der Waals surface area contributed by atoms with Crippen molar-refractivity contribution < 1.29 is 23.9 Å². The molecule has 8 heteroatoms.